The van der Waals surface area contributed by atoms with E-state index in [0.717, 1.165) is 43.2 Å². The molecule has 0 bridgehead atoms. The van der Waals surface area contributed by atoms with E-state index < -0.39 is 0 Å². The van der Waals surface area contributed by atoms with Crippen LogP contribution in [0.3, 0.4) is 0 Å². The first-order chi connectivity index (χ1) is 18.9. The van der Waals surface area contributed by atoms with E-state index in [-0.39, 0.29) is 11.3 Å². The summed E-state index contributed by atoms with van der Waals surface area (Å²) in [7, 11) is 1.83. The topological polar surface area (TPSA) is 126 Å². The number of nitrogens with two attached hydrogens (primary N) is 1. The number of aromatic nitrogens is 4. The second-order valence-electron chi connectivity index (χ2n) is 10.0. The number of aliphatic imine (C=N–C) groups is 1. The summed E-state index contributed by atoms with van der Waals surface area (Å²) in [6.45, 7) is 8.74. The van der Waals surface area contributed by atoms with Gasteiger partial charge in [-0.15, -0.1) is 0 Å². The number of rotatable bonds is 7. The Bertz CT molecular complexity index is 1610. The van der Waals surface area contributed by atoms with Crippen LogP contribution in [0.5, 0.6) is 11.5 Å². The third kappa shape index (κ3) is 4.52. The lowest BCUT2D eigenvalue weighted by Crippen LogP contribution is -2.73. The Labute approximate surface area is 225 Å². The number of amides is 1. The highest BCUT2D eigenvalue weighted by Crippen LogP contribution is 2.41. The van der Waals surface area contributed by atoms with Crippen molar-refractivity contribution < 1.29 is 9.53 Å². The van der Waals surface area contributed by atoms with Crippen molar-refractivity contribution in [2.45, 2.75) is 6.92 Å². The fraction of sp³-hybridized carbons (Fsp3) is 0.250. The quantitative estimate of drug-likeness (QED) is 0.215. The number of pyridine rings is 2. The van der Waals surface area contributed by atoms with E-state index in [4.69, 9.17) is 15.5 Å². The van der Waals surface area contributed by atoms with E-state index in [2.05, 4.69) is 31.9 Å². The van der Waals surface area contributed by atoms with Crippen LogP contribution in [-0.2, 0) is 4.79 Å². The van der Waals surface area contributed by atoms with E-state index >= 15 is 0 Å². The number of aryl methyl sites for hydroxylation is 1. The summed E-state index contributed by atoms with van der Waals surface area (Å²) >= 11 is 0. The fourth-order valence-corrected chi connectivity index (χ4v) is 5.19. The predicted molar refractivity (Wildman–Crippen MR) is 150 cm³/mol. The first kappa shape index (κ1) is 24.4. The average Bonchev–Trinajstić information content (AvgIpc) is 3.36. The summed E-state index contributed by atoms with van der Waals surface area (Å²) in [4.78, 5) is 29.5. The summed E-state index contributed by atoms with van der Waals surface area (Å²) in [5.41, 5.74) is 10.3. The Morgan fingerprint density at radius 3 is 2.74 bits per heavy atom. The van der Waals surface area contributed by atoms with Gasteiger partial charge in [0.15, 0.2) is 11.5 Å². The largest absolute Gasteiger partial charge is 0.457 e. The molecule has 11 nitrogen and oxygen atoms in total. The van der Waals surface area contributed by atoms with Gasteiger partial charge >= 0.3 is 0 Å². The van der Waals surface area contributed by atoms with Crippen LogP contribution >= 0.6 is 0 Å². The molecular formula is C28H29N9O2. The lowest BCUT2D eigenvalue weighted by Gasteiger charge is -2.60. The van der Waals surface area contributed by atoms with Crippen molar-refractivity contribution in [3.05, 3.63) is 78.9 Å². The van der Waals surface area contributed by atoms with Gasteiger partial charge in [-0.1, -0.05) is 6.58 Å². The number of hydrogen-bond donors (Lipinski definition) is 2. The van der Waals surface area contributed by atoms with Gasteiger partial charge in [-0.25, -0.2) is 19.5 Å². The maximum Gasteiger partial charge on any atom is 0.245 e. The molecule has 198 valence electrons. The standard InChI is InChI=1S/C28H29N9O2/c1-4-25(38)36-15-28(16-36)13-35(14-28)23-8-6-21(30-3)26(34-23)27(29)33-19-5-7-22(18(2)11-19)39-20-9-10-37-24(12-20)31-17-32-37/h4-12,17,30H,1,13-16H2,2-3H3,(H2,29,33). The molecule has 3 aromatic heterocycles. The van der Waals surface area contributed by atoms with Crippen molar-refractivity contribution in [2.75, 3.05) is 43.4 Å². The third-order valence-corrected chi connectivity index (χ3v) is 7.20. The molecule has 2 aliphatic heterocycles. The van der Waals surface area contributed by atoms with Gasteiger partial charge in [0.05, 0.1) is 11.4 Å². The van der Waals surface area contributed by atoms with Crippen LogP contribution in [0.4, 0.5) is 17.2 Å². The molecule has 0 aliphatic carbocycles. The molecule has 39 heavy (non-hydrogen) atoms. The first-order valence-corrected chi connectivity index (χ1v) is 12.6. The summed E-state index contributed by atoms with van der Waals surface area (Å²) in [6.07, 6.45) is 4.68. The van der Waals surface area contributed by atoms with Gasteiger partial charge < -0.3 is 25.6 Å². The third-order valence-electron chi connectivity index (χ3n) is 7.20. The number of carbonyl (C=O) groups excluding carboxylic acids is 1. The number of benzene rings is 1. The minimum absolute atomic E-state index is 0.00921. The van der Waals surface area contributed by atoms with E-state index in [9.17, 15) is 4.79 Å². The minimum Gasteiger partial charge on any atom is -0.457 e. The van der Waals surface area contributed by atoms with Crippen LogP contribution in [0.1, 0.15) is 11.3 Å². The Balaban J connectivity index is 1.17. The highest BCUT2D eigenvalue weighted by molar-refractivity contribution is 6.02. The van der Waals surface area contributed by atoms with Crippen molar-refractivity contribution in [1.29, 1.82) is 0 Å². The van der Waals surface area contributed by atoms with Gasteiger partial charge in [0, 0.05) is 50.9 Å². The predicted octanol–water partition coefficient (Wildman–Crippen LogP) is 3.14. The van der Waals surface area contributed by atoms with Crippen molar-refractivity contribution >= 4 is 34.6 Å². The van der Waals surface area contributed by atoms with Crippen LogP contribution in [0.25, 0.3) is 5.65 Å². The Morgan fingerprint density at radius 2 is 2.00 bits per heavy atom. The molecule has 0 radical (unpaired) electrons. The maximum atomic E-state index is 11.8. The number of likely N-dealkylation sites (tertiary alicyclic amines) is 1. The van der Waals surface area contributed by atoms with Crippen LogP contribution in [0, 0.1) is 12.3 Å². The smallest absolute Gasteiger partial charge is 0.245 e. The van der Waals surface area contributed by atoms with Gasteiger partial charge in [-0.05, 0) is 55.0 Å². The lowest BCUT2D eigenvalue weighted by molar-refractivity contribution is -0.139. The van der Waals surface area contributed by atoms with Gasteiger partial charge in [0.25, 0.3) is 0 Å². The second kappa shape index (κ2) is 9.43. The molecule has 3 N–H and O–H groups in total. The fourth-order valence-electron chi connectivity index (χ4n) is 5.19. The number of amidine groups is 1. The summed E-state index contributed by atoms with van der Waals surface area (Å²) in [6, 6.07) is 13.3. The summed E-state index contributed by atoms with van der Waals surface area (Å²) in [5.74, 6) is 2.52. The average molecular weight is 524 g/mol. The normalized spacial score (nSPS) is 16.1. The maximum absolute atomic E-state index is 11.8. The molecule has 2 aliphatic rings. The monoisotopic (exact) mass is 523 g/mol. The molecule has 5 heterocycles. The first-order valence-electron chi connectivity index (χ1n) is 12.6. The molecule has 0 saturated carbocycles. The number of ether oxygens (including phenoxy) is 1. The number of nitrogens with zero attached hydrogens (tertiary/aromatic N) is 7. The molecule has 0 atom stereocenters. The lowest BCUT2D eigenvalue weighted by atomic mass is 9.72. The van der Waals surface area contributed by atoms with Crippen LogP contribution in [-0.4, -0.2) is 69.5 Å². The van der Waals surface area contributed by atoms with Gasteiger partial charge in [0.1, 0.15) is 29.3 Å². The van der Waals surface area contributed by atoms with Crippen molar-refractivity contribution in [3.8, 4) is 11.5 Å². The zero-order valence-electron chi connectivity index (χ0n) is 21.8. The molecular weight excluding hydrogens is 494 g/mol. The molecule has 1 amide bonds. The number of hydrogen-bond acceptors (Lipinski definition) is 8. The van der Waals surface area contributed by atoms with Crippen LogP contribution < -0.4 is 20.7 Å². The number of carbonyl (C=O) groups is 1. The minimum atomic E-state index is -0.00921. The Hall–Kier alpha value is -4.93. The molecule has 0 unspecified atom stereocenters. The van der Waals surface area contributed by atoms with E-state index in [1.165, 1.54) is 12.4 Å². The van der Waals surface area contributed by atoms with Crippen molar-refractivity contribution in [2.24, 2.45) is 16.1 Å². The number of nitrogens with one attached hydrogen (secondary N) is 1. The van der Waals surface area contributed by atoms with Gasteiger partial charge in [-0.2, -0.15) is 5.10 Å². The Morgan fingerprint density at radius 1 is 1.18 bits per heavy atom. The highest BCUT2D eigenvalue weighted by atomic mass is 16.5. The molecule has 2 saturated heterocycles. The van der Waals surface area contributed by atoms with Crippen molar-refractivity contribution in [1.82, 2.24) is 24.5 Å². The molecule has 2 fully saturated rings. The zero-order valence-corrected chi connectivity index (χ0v) is 21.8. The highest BCUT2D eigenvalue weighted by Gasteiger charge is 2.53. The summed E-state index contributed by atoms with van der Waals surface area (Å²) in [5, 5.41) is 7.26. The van der Waals surface area contributed by atoms with Crippen LogP contribution in [0.15, 0.2) is 72.6 Å². The van der Waals surface area contributed by atoms with Crippen LogP contribution in [0.2, 0.25) is 0 Å². The second-order valence-corrected chi connectivity index (χ2v) is 10.0. The molecule has 1 aromatic carbocycles. The molecule has 6 rings (SSSR count). The molecule has 4 aromatic rings. The SMILES string of the molecule is C=CC(=O)N1CC2(C1)CN(c1ccc(NC)c(C(N)=Nc3ccc(Oc4ccn5ncnc5c4)c(C)c3)n1)C2. The Kier molecular flexibility index (Phi) is 5.90. The molecule has 11 heteroatoms. The van der Waals surface area contributed by atoms with Crippen molar-refractivity contribution in [3.63, 3.8) is 0 Å². The van der Waals surface area contributed by atoms with Gasteiger partial charge in [0.2, 0.25) is 5.91 Å². The summed E-state index contributed by atoms with van der Waals surface area (Å²) < 4.78 is 7.75. The number of anilines is 2. The molecule has 1 spiro atoms. The number of fused-ring (bicyclic) bond motifs is 1. The zero-order chi connectivity index (χ0) is 27.1. The van der Waals surface area contributed by atoms with E-state index in [1.54, 1.807) is 10.7 Å². The van der Waals surface area contributed by atoms with E-state index in [0.29, 0.717) is 34.4 Å². The van der Waals surface area contributed by atoms with E-state index in [1.807, 2.05) is 61.3 Å². The van der Waals surface area contributed by atoms with Gasteiger partial charge in [-0.3, -0.25) is 4.79 Å².